The quantitative estimate of drug-likeness (QED) is 0.644. The van der Waals surface area contributed by atoms with E-state index in [0.717, 1.165) is 0 Å². The molecule has 0 unspecified atom stereocenters. The van der Waals surface area contributed by atoms with Gasteiger partial charge in [0.2, 0.25) is 15.9 Å². The van der Waals surface area contributed by atoms with E-state index in [9.17, 15) is 13.7 Å². The maximum absolute atomic E-state index is 12.7. The van der Waals surface area contributed by atoms with Crippen LogP contribution in [0.2, 0.25) is 0 Å². The van der Waals surface area contributed by atoms with Gasteiger partial charge >= 0.3 is 0 Å². The van der Waals surface area contributed by atoms with E-state index >= 15 is 0 Å². The molecule has 1 aliphatic rings. The molecular formula is C20H18N4O4S. The lowest BCUT2D eigenvalue weighted by Gasteiger charge is -2.26. The van der Waals surface area contributed by atoms with Crippen LogP contribution in [0.1, 0.15) is 5.89 Å². The minimum atomic E-state index is -3.54. The molecule has 29 heavy (non-hydrogen) atoms. The van der Waals surface area contributed by atoms with Crippen LogP contribution in [0.5, 0.6) is 0 Å². The van der Waals surface area contributed by atoms with Gasteiger partial charge in [0.25, 0.3) is 0 Å². The summed E-state index contributed by atoms with van der Waals surface area (Å²) in [6.07, 6.45) is 1.48. The molecule has 0 saturated carbocycles. The molecule has 1 fully saturated rings. The zero-order valence-electron chi connectivity index (χ0n) is 15.4. The summed E-state index contributed by atoms with van der Waals surface area (Å²) in [7, 11) is -3.54. The third-order valence-electron chi connectivity index (χ3n) is 4.49. The number of oxazole rings is 1. The Morgan fingerprint density at radius 3 is 2.55 bits per heavy atom. The van der Waals surface area contributed by atoms with Crippen LogP contribution in [0.25, 0.3) is 16.7 Å². The Bertz CT molecular complexity index is 1150. The molecule has 1 N–H and O–H groups in total. The molecule has 148 valence electrons. The van der Waals surface area contributed by atoms with Crippen molar-refractivity contribution in [2.45, 2.75) is 4.90 Å². The van der Waals surface area contributed by atoms with Crippen molar-refractivity contribution in [2.75, 3.05) is 31.6 Å². The third kappa shape index (κ3) is 4.00. The molecule has 0 radical (unpaired) electrons. The number of sulfonamides is 1. The van der Waals surface area contributed by atoms with Crippen LogP contribution in [0.4, 0.5) is 5.69 Å². The van der Waals surface area contributed by atoms with Gasteiger partial charge in [-0.05, 0) is 36.4 Å². The predicted octanol–water partition coefficient (Wildman–Crippen LogP) is 2.83. The van der Waals surface area contributed by atoms with E-state index in [1.807, 2.05) is 12.1 Å². The van der Waals surface area contributed by atoms with Crippen LogP contribution in [-0.4, -0.2) is 44.0 Å². The maximum atomic E-state index is 12.7. The highest BCUT2D eigenvalue weighted by atomic mass is 32.2. The second kappa shape index (κ2) is 8.05. The monoisotopic (exact) mass is 410 g/mol. The zero-order valence-corrected chi connectivity index (χ0v) is 16.2. The van der Waals surface area contributed by atoms with Gasteiger partial charge in [0.1, 0.15) is 17.2 Å². The first-order valence-corrected chi connectivity index (χ1v) is 10.4. The standard InChI is InChI=1S/C20H18N4O4S/c21-13-15(20-23-18-3-1-2-4-19(18)28-20)14-22-16-5-7-17(8-6-16)29(25,26)24-9-11-27-12-10-24/h1-8,14,22H,9-12H2. The molecule has 0 bridgehead atoms. The van der Waals surface area contributed by atoms with E-state index in [-0.39, 0.29) is 16.4 Å². The number of para-hydroxylation sites is 2. The first-order chi connectivity index (χ1) is 14.1. The number of rotatable bonds is 5. The average molecular weight is 410 g/mol. The van der Waals surface area contributed by atoms with Crippen molar-refractivity contribution in [3.8, 4) is 6.07 Å². The largest absolute Gasteiger partial charge is 0.435 e. The topological polar surface area (TPSA) is 108 Å². The van der Waals surface area contributed by atoms with Gasteiger partial charge in [0.05, 0.1) is 18.1 Å². The molecule has 2 heterocycles. The highest BCUT2D eigenvalue weighted by Crippen LogP contribution is 2.22. The molecule has 0 aliphatic carbocycles. The number of morpholine rings is 1. The second-order valence-electron chi connectivity index (χ2n) is 6.34. The zero-order chi connectivity index (χ0) is 20.3. The minimum Gasteiger partial charge on any atom is -0.435 e. The number of fused-ring (bicyclic) bond motifs is 1. The highest BCUT2D eigenvalue weighted by molar-refractivity contribution is 7.89. The Labute approximate surface area is 168 Å². The molecule has 1 saturated heterocycles. The summed E-state index contributed by atoms with van der Waals surface area (Å²) in [5.74, 6) is 0.215. The normalized spacial score (nSPS) is 15.9. The first-order valence-electron chi connectivity index (χ1n) is 8.98. The number of ether oxygens (including phenoxy) is 1. The van der Waals surface area contributed by atoms with Crippen LogP contribution >= 0.6 is 0 Å². The SMILES string of the molecule is N#CC(=CNc1ccc(S(=O)(=O)N2CCOCC2)cc1)c1nc2ccccc2o1. The van der Waals surface area contributed by atoms with Crippen molar-refractivity contribution in [3.63, 3.8) is 0 Å². The fourth-order valence-electron chi connectivity index (χ4n) is 2.94. The number of nitrogens with zero attached hydrogens (tertiary/aromatic N) is 3. The molecule has 1 aromatic heterocycles. The average Bonchev–Trinajstić information content (AvgIpc) is 3.19. The lowest BCUT2D eigenvalue weighted by atomic mass is 10.3. The smallest absolute Gasteiger partial charge is 0.243 e. The number of aromatic nitrogens is 1. The van der Waals surface area contributed by atoms with Gasteiger partial charge in [0.15, 0.2) is 5.58 Å². The lowest BCUT2D eigenvalue weighted by molar-refractivity contribution is 0.0730. The van der Waals surface area contributed by atoms with Crippen LogP contribution in [0.15, 0.2) is 64.0 Å². The molecule has 0 spiro atoms. The predicted molar refractivity (Wildman–Crippen MR) is 107 cm³/mol. The van der Waals surface area contributed by atoms with Crippen LogP contribution < -0.4 is 5.32 Å². The number of anilines is 1. The van der Waals surface area contributed by atoms with Crippen molar-refractivity contribution in [3.05, 3.63) is 60.6 Å². The molecule has 0 amide bonds. The van der Waals surface area contributed by atoms with Crippen LogP contribution in [0.3, 0.4) is 0 Å². The molecule has 8 nitrogen and oxygen atoms in total. The first kappa shape index (κ1) is 19.1. The Kier molecular flexibility index (Phi) is 5.31. The number of allylic oxidation sites excluding steroid dienone is 1. The highest BCUT2D eigenvalue weighted by Gasteiger charge is 2.26. The fourth-order valence-corrected chi connectivity index (χ4v) is 4.35. The Morgan fingerprint density at radius 2 is 1.86 bits per heavy atom. The van der Waals surface area contributed by atoms with Gasteiger partial charge in [-0.2, -0.15) is 9.57 Å². The van der Waals surface area contributed by atoms with Crippen molar-refractivity contribution in [2.24, 2.45) is 0 Å². The van der Waals surface area contributed by atoms with Crippen molar-refractivity contribution in [1.82, 2.24) is 9.29 Å². The summed E-state index contributed by atoms with van der Waals surface area (Å²) in [5, 5.41) is 12.4. The summed E-state index contributed by atoms with van der Waals surface area (Å²) in [6.45, 7) is 1.50. The summed E-state index contributed by atoms with van der Waals surface area (Å²) in [5.41, 5.74) is 2.13. The molecule has 2 aromatic carbocycles. The summed E-state index contributed by atoms with van der Waals surface area (Å²) in [6, 6.07) is 15.7. The third-order valence-corrected chi connectivity index (χ3v) is 6.40. The maximum Gasteiger partial charge on any atom is 0.243 e. The number of hydrogen-bond acceptors (Lipinski definition) is 7. The van der Waals surface area contributed by atoms with Crippen molar-refractivity contribution < 1.29 is 17.6 Å². The van der Waals surface area contributed by atoms with Gasteiger partial charge in [-0.15, -0.1) is 0 Å². The fraction of sp³-hybridized carbons (Fsp3) is 0.200. The molecule has 0 atom stereocenters. The number of nitrogens with one attached hydrogen (secondary N) is 1. The molecule has 3 aromatic rings. The van der Waals surface area contributed by atoms with Crippen molar-refractivity contribution >= 4 is 32.4 Å². The van der Waals surface area contributed by atoms with Gasteiger partial charge in [-0.1, -0.05) is 12.1 Å². The van der Waals surface area contributed by atoms with E-state index < -0.39 is 10.0 Å². The van der Waals surface area contributed by atoms with E-state index in [0.29, 0.717) is 43.1 Å². The van der Waals surface area contributed by atoms with Crippen molar-refractivity contribution in [1.29, 1.82) is 5.26 Å². The summed E-state index contributed by atoms with van der Waals surface area (Å²) < 4.78 is 37.5. The van der Waals surface area contributed by atoms with E-state index in [1.165, 1.54) is 22.6 Å². The Morgan fingerprint density at radius 1 is 1.14 bits per heavy atom. The van der Waals surface area contributed by atoms with E-state index in [4.69, 9.17) is 9.15 Å². The second-order valence-corrected chi connectivity index (χ2v) is 8.28. The van der Waals surface area contributed by atoms with Gasteiger partial charge in [-0.25, -0.2) is 13.4 Å². The van der Waals surface area contributed by atoms with Gasteiger partial charge in [0, 0.05) is 25.0 Å². The molecule has 1 aliphatic heterocycles. The van der Waals surface area contributed by atoms with E-state index in [1.54, 1.807) is 24.3 Å². The number of hydrogen-bond donors (Lipinski definition) is 1. The summed E-state index contributed by atoms with van der Waals surface area (Å²) >= 11 is 0. The Hall–Kier alpha value is -3.19. The molecule has 9 heteroatoms. The van der Waals surface area contributed by atoms with Gasteiger partial charge in [-0.3, -0.25) is 0 Å². The molecular weight excluding hydrogens is 392 g/mol. The number of benzene rings is 2. The Balaban J connectivity index is 1.51. The van der Waals surface area contributed by atoms with Crippen LogP contribution in [0, 0.1) is 11.3 Å². The summed E-state index contributed by atoms with van der Waals surface area (Å²) in [4.78, 5) is 4.52. The lowest BCUT2D eigenvalue weighted by Crippen LogP contribution is -2.40. The van der Waals surface area contributed by atoms with Gasteiger partial charge < -0.3 is 14.5 Å². The van der Waals surface area contributed by atoms with E-state index in [2.05, 4.69) is 16.4 Å². The minimum absolute atomic E-state index is 0.215. The van der Waals surface area contributed by atoms with Crippen LogP contribution in [-0.2, 0) is 14.8 Å². The number of nitriles is 1. The molecule has 4 rings (SSSR count).